The van der Waals surface area contributed by atoms with Gasteiger partial charge in [-0.25, -0.2) is 13.2 Å². The van der Waals surface area contributed by atoms with Crippen molar-refractivity contribution < 1.29 is 23.1 Å². The van der Waals surface area contributed by atoms with Gasteiger partial charge < -0.3 is 14.9 Å². The minimum Gasteiger partial charge on any atom is -0.465 e. The van der Waals surface area contributed by atoms with E-state index in [4.69, 9.17) is 0 Å². The Labute approximate surface area is 165 Å². The van der Waals surface area contributed by atoms with Gasteiger partial charge in [0.15, 0.2) is 9.84 Å². The van der Waals surface area contributed by atoms with Crippen LogP contribution in [0.4, 0.5) is 4.79 Å². The van der Waals surface area contributed by atoms with Crippen LogP contribution in [0, 0.1) is 0 Å². The van der Waals surface area contributed by atoms with E-state index < -0.39 is 15.9 Å². The lowest BCUT2D eigenvalue weighted by Gasteiger charge is -2.48. The van der Waals surface area contributed by atoms with Crippen LogP contribution >= 0.6 is 0 Å². The van der Waals surface area contributed by atoms with Crippen LogP contribution in [0.25, 0.3) is 0 Å². The van der Waals surface area contributed by atoms with Gasteiger partial charge in [0.2, 0.25) is 5.91 Å². The highest BCUT2D eigenvalue weighted by Crippen LogP contribution is 2.25. The number of hydrogen-bond acceptors (Lipinski definition) is 5. The Morgan fingerprint density at radius 2 is 1.61 bits per heavy atom. The Bertz CT molecular complexity index is 834. The molecule has 0 bridgehead atoms. The molecule has 1 N–H and O–H groups in total. The summed E-state index contributed by atoms with van der Waals surface area (Å²) >= 11 is 0. The lowest BCUT2D eigenvalue weighted by atomic mass is 10.1. The van der Waals surface area contributed by atoms with Gasteiger partial charge >= 0.3 is 6.09 Å². The Kier molecular flexibility index (Phi) is 5.95. The largest absolute Gasteiger partial charge is 0.465 e. The van der Waals surface area contributed by atoms with Crippen molar-refractivity contribution in [1.82, 2.24) is 14.7 Å². The van der Waals surface area contributed by atoms with Gasteiger partial charge in [-0.3, -0.25) is 9.69 Å². The molecule has 2 fully saturated rings. The molecule has 8 nitrogen and oxygen atoms in total. The van der Waals surface area contributed by atoms with E-state index in [0.29, 0.717) is 13.1 Å². The molecule has 9 heteroatoms. The average molecular weight is 410 g/mol. The summed E-state index contributed by atoms with van der Waals surface area (Å²) in [7, 11) is -3.27. The van der Waals surface area contributed by atoms with Crippen molar-refractivity contribution in [3.8, 4) is 0 Å². The molecular formula is C19H27N3O5S. The predicted molar refractivity (Wildman–Crippen MR) is 104 cm³/mol. The zero-order valence-corrected chi connectivity index (χ0v) is 17.1. The van der Waals surface area contributed by atoms with E-state index in [0.717, 1.165) is 37.8 Å². The van der Waals surface area contributed by atoms with Crippen LogP contribution < -0.4 is 0 Å². The van der Waals surface area contributed by atoms with Gasteiger partial charge in [0.1, 0.15) is 6.17 Å². The number of amides is 2. The number of carboxylic acid groups (broad SMARTS) is 1. The molecule has 2 heterocycles. The van der Waals surface area contributed by atoms with Crippen LogP contribution in [0.1, 0.15) is 25.3 Å². The molecule has 0 aromatic heterocycles. The summed E-state index contributed by atoms with van der Waals surface area (Å²) in [5.74, 6) is -0.0686. The van der Waals surface area contributed by atoms with E-state index in [2.05, 4.69) is 4.90 Å². The van der Waals surface area contributed by atoms with Crippen LogP contribution in [-0.2, 0) is 21.1 Å². The summed E-state index contributed by atoms with van der Waals surface area (Å²) in [5.41, 5.74) is 0.742. The molecule has 0 radical (unpaired) electrons. The third-order valence-electron chi connectivity index (χ3n) is 5.61. The number of nitrogens with zero attached hydrogens (tertiary/aromatic N) is 3. The maximum Gasteiger partial charge on any atom is 0.407 e. The van der Waals surface area contributed by atoms with Crippen LogP contribution in [0.3, 0.4) is 0 Å². The van der Waals surface area contributed by atoms with Gasteiger partial charge in [-0.2, -0.15) is 0 Å². The molecule has 2 amide bonds. The van der Waals surface area contributed by atoms with Crippen molar-refractivity contribution in [3.63, 3.8) is 0 Å². The number of benzene rings is 1. The van der Waals surface area contributed by atoms with Gasteiger partial charge in [-0.15, -0.1) is 0 Å². The Balaban J connectivity index is 1.77. The maximum absolute atomic E-state index is 13.1. The number of rotatable bonds is 4. The zero-order valence-electron chi connectivity index (χ0n) is 16.2. The molecule has 2 aliphatic rings. The van der Waals surface area contributed by atoms with E-state index in [-0.39, 0.29) is 29.4 Å². The smallest absolute Gasteiger partial charge is 0.407 e. The Hall–Kier alpha value is -2.13. The first-order valence-electron chi connectivity index (χ1n) is 9.50. The van der Waals surface area contributed by atoms with E-state index in [1.54, 1.807) is 17.0 Å². The molecular weight excluding hydrogens is 382 g/mol. The number of likely N-dealkylation sites (tertiary alicyclic amines) is 1. The molecule has 2 unspecified atom stereocenters. The lowest BCUT2D eigenvalue weighted by molar-refractivity contribution is -0.143. The summed E-state index contributed by atoms with van der Waals surface area (Å²) in [5, 5.41) is 9.48. The second-order valence-corrected chi connectivity index (χ2v) is 9.57. The van der Waals surface area contributed by atoms with E-state index in [1.807, 2.05) is 6.92 Å². The summed E-state index contributed by atoms with van der Waals surface area (Å²) in [4.78, 5) is 30.2. The molecule has 0 spiro atoms. The standard InChI is InChI=1S/C19H27N3O5S/c1-14-18(20-9-3-4-10-20)22(12-11-21(14)19(24)25)17(23)13-15-5-7-16(8-6-15)28(2,26)27/h5-8,14,18H,3-4,9-13H2,1-2H3,(H,24,25). The Morgan fingerprint density at radius 3 is 2.14 bits per heavy atom. The van der Waals surface area contributed by atoms with Crippen LogP contribution in [0.15, 0.2) is 29.2 Å². The summed E-state index contributed by atoms with van der Waals surface area (Å²) in [6.45, 7) is 4.22. The molecule has 2 atom stereocenters. The van der Waals surface area contributed by atoms with Crippen molar-refractivity contribution in [1.29, 1.82) is 0 Å². The van der Waals surface area contributed by atoms with Crippen molar-refractivity contribution >= 4 is 21.8 Å². The highest BCUT2D eigenvalue weighted by molar-refractivity contribution is 7.90. The van der Waals surface area contributed by atoms with Gasteiger partial charge in [0, 0.05) is 32.4 Å². The molecule has 28 heavy (non-hydrogen) atoms. The van der Waals surface area contributed by atoms with Crippen molar-refractivity contribution in [2.75, 3.05) is 32.4 Å². The first-order chi connectivity index (χ1) is 13.2. The highest BCUT2D eigenvalue weighted by atomic mass is 32.2. The number of hydrogen-bond donors (Lipinski definition) is 1. The van der Waals surface area contributed by atoms with Crippen LogP contribution in [0.5, 0.6) is 0 Å². The highest BCUT2D eigenvalue weighted by Gasteiger charge is 2.42. The zero-order chi connectivity index (χ0) is 20.5. The minimum absolute atomic E-state index is 0.0686. The third kappa shape index (κ3) is 4.30. The van der Waals surface area contributed by atoms with Crippen LogP contribution in [-0.4, -0.2) is 84.9 Å². The second kappa shape index (κ2) is 8.08. The molecule has 2 saturated heterocycles. The van der Waals surface area contributed by atoms with E-state index in [9.17, 15) is 23.1 Å². The molecule has 1 aromatic carbocycles. The monoisotopic (exact) mass is 409 g/mol. The third-order valence-corrected chi connectivity index (χ3v) is 6.74. The molecule has 0 saturated carbocycles. The number of carbonyl (C=O) groups is 2. The normalized spacial score (nSPS) is 23.8. The fraction of sp³-hybridized carbons (Fsp3) is 0.579. The fourth-order valence-corrected chi connectivity index (χ4v) is 4.78. The summed E-state index contributed by atoms with van der Waals surface area (Å²) in [6, 6.07) is 6.05. The van der Waals surface area contributed by atoms with Crippen LogP contribution in [0.2, 0.25) is 0 Å². The molecule has 3 rings (SSSR count). The van der Waals surface area contributed by atoms with Crippen molar-refractivity contribution in [2.45, 2.75) is 43.3 Å². The number of carbonyl (C=O) groups excluding carboxylic acids is 1. The topological polar surface area (TPSA) is 98.2 Å². The first kappa shape index (κ1) is 20.6. The molecule has 154 valence electrons. The van der Waals surface area contributed by atoms with Gasteiger partial charge in [0.25, 0.3) is 0 Å². The summed E-state index contributed by atoms with van der Waals surface area (Å²) in [6.07, 6.45) is 2.18. The van der Waals surface area contributed by atoms with Crippen molar-refractivity contribution in [3.05, 3.63) is 29.8 Å². The molecule has 1 aromatic rings. The average Bonchev–Trinajstić information content (AvgIpc) is 3.14. The van der Waals surface area contributed by atoms with Gasteiger partial charge in [-0.1, -0.05) is 12.1 Å². The maximum atomic E-state index is 13.1. The lowest BCUT2D eigenvalue weighted by Crippen LogP contribution is -2.66. The van der Waals surface area contributed by atoms with E-state index >= 15 is 0 Å². The Morgan fingerprint density at radius 1 is 1.04 bits per heavy atom. The quantitative estimate of drug-likeness (QED) is 0.804. The van der Waals surface area contributed by atoms with Crippen molar-refractivity contribution in [2.24, 2.45) is 0 Å². The number of piperazine rings is 1. The fourth-order valence-electron chi connectivity index (χ4n) is 4.15. The SMILES string of the molecule is CC1C(N2CCCC2)N(C(=O)Cc2ccc(S(C)(=O)=O)cc2)CCN1C(=O)O. The minimum atomic E-state index is -3.27. The second-order valence-electron chi connectivity index (χ2n) is 7.55. The van der Waals surface area contributed by atoms with E-state index in [1.165, 1.54) is 17.0 Å². The summed E-state index contributed by atoms with van der Waals surface area (Å²) < 4.78 is 23.2. The molecule has 0 aliphatic carbocycles. The van der Waals surface area contributed by atoms with Gasteiger partial charge in [0.05, 0.1) is 17.4 Å². The predicted octanol–water partition coefficient (Wildman–Crippen LogP) is 1.27. The molecule has 2 aliphatic heterocycles. The number of sulfone groups is 1. The van der Waals surface area contributed by atoms with Gasteiger partial charge in [-0.05, 0) is 37.5 Å². The first-order valence-corrected chi connectivity index (χ1v) is 11.4.